The predicted molar refractivity (Wildman–Crippen MR) is 42.2 cm³/mol. The number of esters is 1. The van der Waals surface area contributed by atoms with Gasteiger partial charge in [0.15, 0.2) is 5.82 Å². The van der Waals surface area contributed by atoms with Gasteiger partial charge in [-0.05, 0) is 6.07 Å². The normalized spacial score (nSPS) is 9.77. The Morgan fingerprint density at radius 3 is 2.92 bits per heavy atom. The fraction of sp³-hybridized carbons (Fsp3) is 0.143. The Hall–Kier alpha value is -1.36. The van der Waals surface area contributed by atoms with E-state index in [1.54, 1.807) is 0 Å². The van der Waals surface area contributed by atoms with Crippen molar-refractivity contribution in [2.24, 2.45) is 0 Å². The van der Waals surface area contributed by atoms with Crippen molar-refractivity contribution in [2.75, 3.05) is 7.11 Å². The minimum Gasteiger partial charge on any atom is -0.491 e. The molecule has 13 heavy (non-hydrogen) atoms. The number of carbonyl (C=O) groups is 1. The van der Waals surface area contributed by atoms with Crippen LogP contribution in [0.15, 0.2) is 6.07 Å². The fourth-order valence-corrected chi connectivity index (χ4v) is 0.922. The number of aromatic hydroxyl groups is 1. The van der Waals surface area contributed by atoms with Gasteiger partial charge >= 0.3 is 5.97 Å². The number of methoxy groups -OCH3 is 1. The van der Waals surface area contributed by atoms with E-state index >= 15 is 0 Å². The molecule has 0 fully saturated rings. The SMILES string of the molecule is COC(=O)c1cc(F)c(O)nc1Cl. The second-order valence-corrected chi connectivity index (χ2v) is 2.48. The lowest BCUT2D eigenvalue weighted by atomic mass is 10.3. The van der Waals surface area contributed by atoms with Gasteiger partial charge in [0.25, 0.3) is 0 Å². The maximum Gasteiger partial charge on any atom is 0.341 e. The van der Waals surface area contributed by atoms with E-state index in [1.165, 1.54) is 0 Å². The van der Waals surface area contributed by atoms with Crippen LogP contribution in [0.1, 0.15) is 10.4 Å². The molecule has 0 aliphatic rings. The first kappa shape index (κ1) is 9.73. The number of halogens is 2. The first-order valence-corrected chi connectivity index (χ1v) is 3.57. The summed E-state index contributed by atoms with van der Waals surface area (Å²) in [5.41, 5.74) is -0.223. The molecule has 1 heterocycles. The standard InChI is InChI=1S/C7H5ClFNO3/c1-13-7(12)3-2-4(9)6(11)10-5(3)8/h2H,1H3,(H,10,11). The van der Waals surface area contributed by atoms with Gasteiger partial charge in [0.2, 0.25) is 5.88 Å². The summed E-state index contributed by atoms with van der Waals surface area (Å²) in [6, 6.07) is 0.760. The molecule has 0 bridgehead atoms. The molecule has 0 unspecified atom stereocenters. The van der Waals surface area contributed by atoms with Crippen molar-refractivity contribution in [1.82, 2.24) is 4.98 Å². The van der Waals surface area contributed by atoms with Gasteiger partial charge in [-0.2, -0.15) is 4.98 Å². The minimum atomic E-state index is -1.02. The van der Waals surface area contributed by atoms with Gasteiger partial charge in [-0.3, -0.25) is 0 Å². The molecule has 0 amide bonds. The number of ether oxygens (including phenoxy) is 1. The van der Waals surface area contributed by atoms with Crippen LogP contribution in [0.25, 0.3) is 0 Å². The smallest absolute Gasteiger partial charge is 0.341 e. The third-order valence-corrected chi connectivity index (χ3v) is 1.60. The van der Waals surface area contributed by atoms with E-state index in [4.69, 9.17) is 16.7 Å². The molecule has 0 aliphatic heterocycles. The Labute approximate surface area is 77.9 Å². The molecule has 0 aliphatic carbocycles. The number of nitrogens with zero attached hydrogens (tertiary/aromatic N) is 1. The van der Waals surface area contributed by atoms with Gasteiger partial charge in [0.1, 0.15) is 10.7 Å². The van der Waals surface area contributed by atoms with E-state index in [0.717, 1.165) is 13.2 Å². The lowest BCUT2D eigenvalue weighted by molar-refractivity contribution is 0.0600. The molecule has 70 valence electrons. The quantitative estimate of drug-likeness (QED) is 0.556. The van der Waals surface area contributed by atoms with Gasteiger partial charge in [-0.1, -0.05) is 11.6 Å². The maximum absolute atomic E-state index is 12.7. The summed E-state index contributed by atoms with van der Waals surface area (Å²) in [5.74, 6) is -2.68. The monoisotopic (exact) mass is 205 g/mol. The number of carbonyl (C=O) groups excluding carboxylic acids is 1. The number of rotatable bonds is 1. The third-order valence-electron chi connectivity index (χ3n) is 1.32. The second kappa shape index (κ2) is 3.57. The van der Waals surface area contributed by atoms with Crippen LogP contribution in [0.5, 0.6) is 5.88 Å². The number of pyridine rings is 1. The summed E-state index contributed by atoms with van der Waals surface area (Å²) >= 11 is 5.44. The first-order chi connectivity index (χ1) is 6.06. The van der Waals surface area contributed by atoms with Crippen LogP contribution >= 0.6 is 11.6 Å². The average Bonchev–Trinajstić information content (AvgIpc) is 2.10. The molecule has 0 saturated heterocycles. The summed E-state index contributed by atoms with van der Waals surface area (Å²) in [7, 11) is 1.13. The van der Waals surface area contributed by atoms with Crippen LogP contribution in [0.4, 0.5) is 4.39 Å². The topological polar surface area (TPSA) is 59.4 Å². The first-order valence-electron chi connectivity index (χ1n) is 3.19. The minimum absolute atomic E-state index is 0.223. The highest BCUT2D eigenvalue weighted by molar-refractivity contribution is 6.32. The van der Waals surface area contributed by atoms with Gasteiger partial charge in [-0.15, -0.1) is 0 Å². The van der Waals surface area contributed by atoms with E-state index in [1.807, 2.05) is 0 Å². The highest BCUT2D eigenvalue weighted by atomic mass is 35.5. The van der Waals surface area contributed by atoms with Crippen molar-refractivity contribution in [3.05, 3.63) is 22.6 Å². The summed E-state index contributed by atoms with van der Waals surface area (Å²) in [6.07, 6.45) is 0. The molecular weight excluding hydrogens is 201 g/mol. The lowest BCUT2D eigenvalue weighted by Gasteiger charge is -2.01. The summed E-state index contributed by atoms with van der Waals surface area (Å²) in [6.45, 7) is 0. The van der Waals surface area contributed by atoms with E-state index in [-0.39, 0.29) is 10.7 Å². The van der Waals surface area contributed by atoms with Gasteiger partial charge < -0.3 is 9.84 Å². The fourth-order valence-electron chi connectivity index (χ4n) is 0.711. The van der Waals surface area contributed by atoms with Crippen molar-refractivity contribution in [1.29, 1.82) is 0 Å². The third kappa shape index (κ3) is 1.86. The Morgan fingerprint density at radius 2 is 2.38 bits per heavy atom. The molecule has 4 nitrogen and oxygen atoms in total. The van der Waals surface area contributed by atoms with Crippen molar-refractivity contribution >= 4 is 17.6 Å². The van der Waals surface area contributed by atoms with Crippen LogP contribution in [0.2, 0.25) is 5.15 Å². The van der Waals surface area contributed by atoms with Crippen LogP contribution < -0.4 is 0 Å². The van der Waals surface area contributed by atoms with Crippen LogP contribution in [0, 0.1) is 5.82 Å². The summed E-state index contributed by atoms with van der Waals surface area (Å²) < 4.78 is 17.0. The molecule has 0 radical (unpaired) electrons. The zero-order chi connectivity index (χ0) is 10.0. The average molecular weight is 206 g/mol. The summed E-state index contributed by atoms with van der Waals surface area (Å²) in [4.78, 5) is 14.1. The largest absolute Gasteiger partial charge is 0.491 e. The van der Waals surface area contributed by atoms with Gasteiger partial charge in [0, 0.05) is 0 Å². The highest BCUT2D eigenvalue weighted by Crippen LogP contribution is 2.21. The van der Waals surface area contributed by atoms with Gasteiger partial charge in [0.05, 0.1) is 7.11 Å². The molecule has 1 aromatic heterocycles. The van der Waals surface area contributed by atoms with E-state index < -0.39 is 17.7 Å². The zero-order valence-electron chi connectivity index (χ0n) is 6.54. The van der Waals surface area contributed by atoms with Crippen LogP contribution in [-0.2, 0) is 4.74 Å². The highest BCUT2D eigenvalue weighted by Gasteiger charge is 2.15. The number of hydrogen-bond acceptors (Lipinski definition) is 4. The molecule has 0 aromatic carbocycles. The maximum atomic E-state index is 12.7. The Bertz CT molecular complexity index is 356. The van der Waals surface area contributed by atoms with Gasteiger partial charge in [-0.25, -0.2) is 9.18 Å². The van der Waals surface area contributed by atoms with Crippen LogP contribution in [0.3, 0.4) is 0 Å². The molecule has 6 heteroatoms. The number of hydrogen-bond donors (Lipinski definition) is 1. The molecule has 1 aromatic rings. The molecule has 1 N–H and O–H groups in total. The lowest BCUT2D eigenvalue weighted by Crippen LogP contribution is -2.04. The van der Waals surface area contributed by atoms with E-state index in [0.29, 0.717) is 0 Å². The van der Waals surface area contributed by atoms with E-state index in [9.17, 15) is 9.18 Å². The second-order valence-electron chi connectivity index (χ2n) is 2.12. The van der Waals surface area contributed by atoms with Crippen molar-refractivity contribution in [3.63, 3.8) is 0 Å². The zero-order valence-corrected chi connectivity index (χ0v) is 7.30. The van der Waals surface area contributed by atoms with Crippen molar-refractivity contribution in [3.8, 4) is 5.88 Å². The molecular formula is C7H5ClFNO3. The molecule has 1 rings (SSSR count). The van der Waals surface area contributed by atoms with Crippen LogP contribution in [-0.4, -0.2) is 23.2 Å². The van der Waals surface area contributed by atoms with Crippen molar-refractivity contribution in [2.45, 2.75) is 0 Å². The Kier molecular flexibility index (Phi) is 2.67. The van der Waals surface area contributed by atoms with E-state index in [2.05, 4.69) is 9.72 Å². The Morgan fingerprint density at radius 1 is 1.77 bits per heavy atom. The van der Waals surface area contributed by atoms with Crippen molar-refractivity contribution < 1.29 is 19.0 Å². The predicted octanol–water partition coefficient (Wildman–Crippen LogP) is 1.37. The Balaban J connectivity index is 3.23. The summed E-state index contributed by atoms with van der Waals surface area (Å²) in [5, 5.41) is 8.46. The molecule has 0 atom stereocenters. The number of aromatic nitrogens is 1. The molecule has 0 spiro atoms. The molecule has 0 saturated carbocycles.